The summed E-state index contributed by atoms with van der Waals surface area (Å²) in [4.78, 5) is 26.4. The standard InChI is InChI=1S/C25H15Cl2F3N2O3S2/c26-19-9-6-16(12-20(19)27)31-22(33)13-35-18-7-4-14(5-8-18)10-21-23(34)32(24(36)37-21)17-3-1-2-15(11-17)25(28,29)30/h1-12H,13H2,(H,31,33)/b21-10-. The molecule has 1 fully saturated rings. The molecule has 12 heteroatoms. The topological polar surface area (TPSA) is 58.6 Å². The van der Waals surface area contributed by atoms with Crippen molar-refractivity contribution in [2.45, 2.75) is 6.18 Å². The Kier molecular flexibility index (Phi) is 8.13. The number of hydrogen-bond donors (Lipinski definition) is 1. The van der Waals surface area contributed by atoms with Gasteiger partial charge in [0.25, 0.3) is 11.8 Å². The number of nitrogens with zero attached hydrogens (tertiary/aromatic N) is 1. The molecule has 1 aliphatic rings. The minimum atomic E-state index is -4.54. The van der Waals surface area contributed by atoms with E-state index in [1.807, 2.05) is 0 Å². The number of carbonyl (C=O) groups is 2. The highest BCUT2D eigenvalue weighted by Gasteiger charge is 2.36. The Bertz CT molecular complexity index is 1410. The monoisotopic (exact) mass is 582 g/mol. The maximum absolute atomic E-state index is 13.1. The molecule has 0 saturated carbocycles. The van der Waals surface area contributed by atoms with Gasteiger partial charge in [0, 0.05) is 5.69 Å². The van der Waals surface area contributed by atoms with Crippen LogP contribution in [0.5, 0.6) is 5.75 Å². The molecular formula is C25H15Cl2F3N2O3S2. The summed E-state index contributed by atoms with van der Waals surface area (Å²) >= 11 is 18.0. The Morgan fingerprint density at radius 3 is 2.46 bits per heavy atom. The predicted molar refractivity (Wildman–Crippen MR) is 144 cm³/mol. The van der Waals surface area contributed by atoms with Crippen LogP contribution in [0.25, 0.3) is 6.08 Å². The van der Waals surface area contributed by atoms with Gasteiger partial charge in [0.15, 0.2) is 10.9 Å². The van der Waals surface area contributed by atoms with E-state index < -0.39 is 23.6 Å². The zero-order chi connectivity index (χ0) is 26.7. The maximum atomic E-state index is 13.1. The van der Waals surface area contributed by atoms with Gasteiger partial charge in [0.1, 0.15) is 5.75 Å². The van der Waals surface area contributed by atoms with E-state index in [9.17, 15) is 22.8 Å². The molecule has 3 aromatic rings. The van der Waals surface area contributed by atoms with Crippen molar-refractivity contribution >= 4 is 80.8 Å². The first kappa shape index (κ1) is 27.0. The van der Waals surface area contributed by atoms with Crippen molar-refractivity contribution in [3.05, 3.63) is 92.8 Å². The number of benzene rings is 3. The van der Waals surface area contributed by atoms with E-state index in [1.54, 1.807) is 42.5 Å². The summed E-state index contributed by atoms with van der Waals surface area (Å²) in [6, 6.07) is 15.7. The average molecular weight is 583 g/mol. The zero-order valence-electron chi connectivity index (χ0n) is 18.5. The number of hydrogen-bond acceptors (Lipinski definition) is 5. The van der Waals surface area contributed by atoms with Gasteiger partial charge >= 0.3 is 6.18 Å². The van der Waals surface area contributed by atoms with Crippen LogP contribution >= 0.6 is 47.2 Å². The largest absolute Gasteiger partial charge is 0.484 e. The van der Waals surface area contributed by atoms with E-state index in [4.69, 9.17) is 40.2 Å². The van der Waals surface area contributed by atoms with Crippen molar-refractivity contribution in [3.63, 3.8) is 0 Å². The van der Waals surface area contributed by atoms with Gasteiger partial charge in [-0.25, -0.2) is 0 Å². The Balaban J connectivity index is 1.39. The number of amides is 2. The zero-order valence-corrected chi connectivity index (χ0v) is 21.7. The summed E-state index contributed by atoms with van der Waals surface area (Å²) in [5, 5.41) is 3.32. The van der Waals surface area contributed by atoms with Crippen LogP contribution in [0.4, 0.5) is 24.5 Å². The second-order valence-corrected chi connectivity index (χ2v) is 10.1. The van der Waals surface area contributed by atoms with Crippen molar-refractivity contribution in [2.24, 2.45) is 0 Å². The highest BCUT2D eigenvalue weighted by Crippen LogP contribution is 2.38. The van der Waals surface area contributed by atoms with Crippen LogP contribution in [0.15, 0.2) is 71.6 Å². The molecule has 0 aromatic heterocycles. The second-order valence-electron chi connectivity index (χ2n) is 7.60. The Morgan fingerprint density at radius 2 is 1.78 bits per heavy atom. The van der Waals surface area contributed by atoms with Gasteiger partial charge < -0.3 is 10.1 Å². The van der Waals surface area contributed by atoms with Gasteiger partial charge in [-0.2, -0.15) is 13.2 Å². The SMILES string of the molecule is O=C(COc1ccc(/C=C2\SC(=S)N(c3cccc(C(F)(F)F)c3)C2=O)cc1)Nc1ccc(Cl)c(Cl)c1. The predicted octanol–water partition coefficient (Wildman–Crippen LogP) is 7.44. The summed E-state index contributed by atoms with van der Waals surface area (Å²) in [6.07, 6.45) is -2.96. The van der Waals surface area contributed by atoms with Crippen LogP contribution in [0, 0.1) is 0 Å². The van der Waals surface area contributed by atoms with Crippen LogP contribution in [0.2, 0.25) is 10.0 Å². The fourth-order valence-corrected chi connectivity index (χ4v) is 4.84. The highest BCUT2D eigenvalue weighted by molar-refractivity contribution is 8.27. The number of halogens is 5. The van der Waals surface area contributed by atoms with Gasteiger partial charge in [0.05, 0.1) is 26.2 Å². The van der Waals surface area contributed by atoms with Crippen molar-refractivity contribution < 1.29 is 27.5 Å². The summed E-state index contributed by atoms with van der Waals surface area (Å²) in [5.41, 5.74) is 0.283. The van der Waals surface area contributed by atoms with E-state index in [2.05, 4.69) is 5.32 Å². The van der Waals surface area contributed by atoms with E-state index >= 15 is 0 Å². The molecule has 4 rings (SSSR count). The number of alkyl halides is 3. The molecule has 1 heterocycles. The number of ether oxygens (including phenoxy) is 1. The van der Waals surface area contributed by atoms with E-state index in [0.29, 0.717) is 27.0 Å². The molecular weight excluding hydrogens is 568 g/mol. The van der Waals surface area contributed by atoms with Crippen LogP contribution in [0.1, 0.15) is 11.1 Å². The third kappa shape index (κ3) is 6.64. The lowest BCUT2D eigenvalue weighted by Crippen LogP contribution is -2.27. The van der Waals surface area contributed by atoms with Crippen molar-refractivity contribution in [1.82, 2.24) is 0 Å². The molecule has 1 aliphatic heterocycles. The molecule has 2 amide bonds. The van der Waals surface area contributed by atoms with E-state index in [0.717, 1.165) is 28.8 Å². The quantitative estimate of drug-likeness (QED) is 0.242. The van der Waals surface area contributed by atoms with Crippen molar-refractivity contribution in [2.75, 3.05) is 16.8 Å². The van der Waals surface area contributed by atoms with E-state index in [1.165, 1.54) is 18.2 Å². The molecule has 3 aromatic carbocycles. The van der Waals surface area contributed by atoms with Gasteiger partial charge in [-0.05, 0) is 60.2 Å². The lowest BCUT2D eigenvalue weighted by Gasteiger charge is -2.16. The molecule has 1 saturated heterocycles. The summed E-state index contributed by atoms with van der Waals surface area (Å²) < 4.78 is 44.8. The van der Waals surface area contributed by atoms with Gasteiger partial charge in [-0.1, -0.05) is 65.4 Å². The second kappa shape index (κ2) is 11.1. The number of rotatable bonds is 6. The Labute approximate surface area is 229 Å². The number of carbonyl (C=O) groups excluding carboxylic acids is 2. The first-order valence-corrected chi connectivity index (χ1v) is 12.4. The molecule has 0 aliphatic carbocycles. The van der Waals surface area contributed by atoms with Gasteiger partial charge in [-0.3, -0.25) is 14.5 Å². The average Bonchev–Trinajstić information content (AvgIpc) is 3.13. The fraction of sp³-hybridized carbons (Fsp3) is 0.0800. The van der Waals surface area contributed by atoms with Crippen molar-refractivity contribution in [1.29, 1.82) is 0 Å². The number of nitrogens with one attached hydrogen (secondary N) is 1. The van der Waals surface area contributed by atoms with Crippen LogP contribution in [0.3, 0.4) is 0 Å². The lowest BCUT2D eigenvalue weighted by molar-refractivity contribution is -0.137. The molecule has 0 radical (unpaired) electrons. The molecule has 37 heavy (non-hydrogen) atoms. The lowest BCUT2D eigenvalue weighted by atomic mass is 10.1. The summed E-state index contributed by atoms with van der Waals surface area (Å²) in [5.74, 6) is -0.507. The molecule has 0 spiro atoms. The van der Waals surface area contributed by atoms with E-state index in [-0.39, 0.29) is 21.5 Å². The molecule has 0 atom stereocenters. The fourth-order valence-electron chi connectivity index (χ4n) is 3.24. The first-order valence-electron chi connectivity index (χ1n) is 10.4. The van der Waals surface area contributed by atoms with Crippen LogP contribution in [-0.2, 0) is 15.8 Å². The molecule has 1 N–H and O–H groups in total. The van der Waals surface area contributed by atoms with Gasteiger partial charge in [-0.15, -0.1) is 0 Å². The summed E-state index contributed by atoms with van der Waals surface area (Å²) in [7, 11) is 0. The Morgan fingerprint density at radius 1 is 1.05 bits per heavy atom. The summed E-state index contributed by atoms with van der Waals surface area (Å²) in [6.45, 7) is -0.255. The molecule has 190 valence electrons. The minimum absolute atomic E-state index is 0.0450. The third-order valence-corrected chi connectivity index (χ3v) is 7.02. The Hall–Kier alpha value is -3.05. The normalized spacial score (nSPS) is 14.8. The number of thioether (sulfide) groups is 1. The first-order chi connectivity index (χ1) is 17.5. The molecule has 0 unspecified atom stereocenters. The maximum Gasteiger partial charge on any atom is 0.416 e. The smallest absolute Gasteiger partial charge is 0.416 e. The molecule has 0 bridgehead atoms. The van der Waals surface area contributed by atoms with Gasteiger partial charge in [0.2, 0.25) is 0 Å². The van der Waals surface area contributed by atoms with Crippen LogP contribution < -0.4 is 15.0 Å². The van der Waals surface area contributed by atoms with Crippen molar-refractivity contribution in [3.8, 4) is 5.75 Å². The third-order valence-electron chi connectivity index (χ3n) is 4.98. The minimum Gasteiger partial charge on any atom is -0.484 e. The molecule has 5 nitrogen and oxygen atoms in total. The number of anilines is 2. The number of thiocarbonyl (C=S) groups is 1. The van der Waals surface area contributed by atoms with Crippen LogP contribution in [-0.4, -0.2) is 22.7 Å². The highest BCUT2D eigenvalue weighted by atomic mass is 35.5.